The molecule has 0 aliphatic heterocycles. The molecule has 2 aromatic rings. The first-order chi connectivity index (χ1) is 9.43. The van der Waals surface area contributed by atoms with Crippen molar-refractivity contribution in [3.05, 3.63) is 70.8 Å². The van der Waals surface area contributed by atoms with Crippen LogP contribution in [0.1, 0.15) is 28.3 Å². The van der Waals surface area contributed by atoms with Crippen molar-refractivity contribution >= 4 is 0 Å². The molecule has 0 fully saturated rings. The number of nitrogens with two attached hydrogens (primary N) is 1. The lowest BCUT2D eigenvalue weighted by molar-refractivity contribution is -0.138. The number of hydrogen-bond donors (Lipinski definition) is 2. The summed E-state index contributed by atoms with van der Waals surface area (Å²) in [6.07, 6.45) is -4.41. The minimum Gasteiger partial charge on any atom is -0.271 e. The molecule has 20 heavy (non-hydrogen) atoms. The molecule has 3 N–H and O–H groups in total. The van der Waals surface area contributed by atoms with Gasteiger partial charge in [0.1, 0.15) is 0 Å². The lowest BCUT2D eigenvalue weighted by Crippen LogP contribution is -2.30. The molecule has 2 aromatic carbocycles. The van der Waals surface area contributed by atoms with E-state index < -0.39 is 17.8 Å². The number of alkyl halides is 3. The third-order valence-corrected chi connectivity index (χ3v) is 3.12. The molecular formula is C15H15F3N2. The van der Waals surface area contributed by atoms with Crippen LogP contribution >= 0.6 is 0 Å². The van der Waals surface area contributed by atoms with E-state index in [0.29, 0.717) is 5.56 Å². The van der Waals surface area contributed by atoms with E-state index in [-0.39, 0.29) is 5.56 Å². The Labute approximate surface area is 115 Å². The Bertz CT molecular complexity index is 594. The fraction of sp³-hybridized carbons (Fsp3) is 0.200. The van der Waals surface area contributed by atoms with Crippen molar-refractivity contribution in [1.82, 2.24) is 5.43 Å². The third kappa shape index (κ3) is 3.00. The number of benzene rings is 2. The SMILES string of the molecule is Cc1cccc(C(NN)c2ccccc2C(F)(F)F)c1. The van der Waals surface area contributed by atoms with Gasteiger partial charge >= 0.3 is 6.18 Å². The van der Waals surface area contributed by atoms with Gasteiger partial charge < -0.3 is 0 Å². The summed E-state index contributed by atoms with van der Waals surface area (Å²) in [5, 5.41) is 0. The van der Waals surface area contributed by atoms with Crippen LogP contribution in [0, 0.1) is 6.92 Å². The van der Waals surface area contributed by atoms with Crippen LogP contribution in [0.2, 0.25) is 0 Å². The van der Waals surface area contributed by atoms with Crippen molar-refractivity contribution in [1.29, 1.82) is 0 Å². The summed E-state index contributed by atoms with van der Waals surface area (Å²) in [5.41, 5.74) is 3.58. The molecule has 0 aliphatic carbocycles. The molecule has 0 saturated carbocycles. The molecule has 106 valence electrons. The molecule has 5 heteroatoms. The average molecular weight is 280 g/mol. The number of rotatable bonds is 3. The fourth-order valence-electron chi connectivity index (χ4n) is 2.22. The number of nitrogens with one attached hydrogen (secondary N) is 1. The lowest BCUT2D eigenvalue weighted by atomic mass is 9.94. The molecule has 0 heterocycles. The Kier molecular flexibility index (Phi) is 4.11. The zero-order valence-corrected chi connectivity index (χ0v) is 10.9. The average Bonchev–Trinajstić information content (AvgIpc) is 2.39. The van der Waals surface area contributed by atoms with E-state index in [1.165, 1.54) is 12.1 Å². The maximum Gasteiger partial charge on any atom is 0.416 e. The Balaban J connectivity index is 2.53. The highest BCUT2D eigenvalue weighted by molar-refractivity contribution is 5.39. The smallest absolute Gasteiger partial charge is 0.271 e. The summed E-state index contributed by atoms with van der Waals surface area (Å²) in [6.45, 7) is 1.88. The highest BCUT2D eigenvalue weighted by Crippen LogP contribution is 2.36. The van der Waals surface area contributed by atoms with Crippen LogP contribution in [0.25, 0.3) is 0 Å². The fourth-order valence-corrected chi connectivity index (χ4v) is 2.22. The zero-order valence-electron chi connectivity index (χ0n) is 10.9. The molecular weight excluding hydrogens is 265 g/mol. The summed E-state index contributed by atoms with van der Waals surface area (Å²) in [6, 6.07) is 12.0. The largest absolute Gasteiger partial charge is 0.416 e. The summed E-state index contributed by atoms with van der Waals surface area (Å²) in [5.74, 6) is 5.48. The van der Waals surface area contributed by atoms with Gasteiger partial charge in [-0.1, -0.05) is 48.0 Å². The quantitative estimate of drug-likeness (QED) is 0.666. The van der Waals surface area contributed by atoms with E-state index in [2.05, 4.69) is 5.43 Å². The van der Waals surface area contributed by atoms with E-state index in [9.17, 15) is 13.2 Å². The zero-order chi connectivity index (χ0) is 14.8. The summed E-state index contributed by atoms with van der Waals surface area (Å²) in [4.78, 5) is 0. The minimum atomic E-state index is -4.41. The van der Waals surface area contributed by atoms with Crippen molar-refractivity contribution in [2.24, 2.45) is 5.84 Å². The first kappa shape index (κ1) is 14.6. The lowest BCUT2D eigenvalue weighted by Gasteiger charge is -2.21. The molecule has 2 rings (SSSR count). The first-order valence-electron chi connectivity index (χ1n) is 6.12. The molecule has 0 spiro atoms. The van der Waals surface area contributed by atoms with E-state index in [0.717, 1.165) is 11.6 Å². The summed E-state index contributed by atoms with van der Waals surface area (Å²) in [7, 11) is 0. The number of halogens is 3. The van der Waals surface area contributed by atoms with Crippen LogP contribution in [-0.2, 0) is 6.18 Å². The highest BCUT2D eigenvalue weighted by atomic mass is 19.4. The monoisotopic (exact) mass is 280 g/mol. The van der Waals surface area contributed by atoms with Crippen molar-refractivity contribution in [2.45, 2.75) is 19.1 Å². The van der Waals surface area contributed by atoms with E-state index in [4.69, 9.17) is 5.84 Å². The number of aryl methyl sites for hydroxylation is 1. The maximum atomic E-state index is 13.1. The summed E-state index contributed by atoms with van der Waals surface area (Å²) < 4.78 is 39.2. The molecule has 1 unspecified atom stereocenters. The van der Waals surface area contributed by atoms with Gasteiger partial charge in [0.2, 0.25) is 0 Å². The Hall–Kier alpha value is -1.85. The highest BCUT2D eigenvalue weighted by Gasteiger charge is 2.35. The Morgan fingerprint density at radius 1 is 1.05 bits per heavy atom. The minimum absolute atomic E-state index is 0.119. The number of hydrazine groups is 1. The molecule has 1 atom stereocenters. The topological polar surface area (TPSA) is 38.0 Å². The van der Waals surface area contributed by atoms with Crippen LogP contribution in [0.3, 0.4) is 0 Å². The second-order valence-corrected chi connectivity index (χ2v) is 4.60. The van der Waals surface area contributed by atoms with Crippen LogP contribution in [0.4, 0.5) is 13.2 Å². The predicted molar refractivity (Wildman–Crippen MR) is 71.8 cm³/mol. The third-order valence-electron chi connectivity index (χ3n) is 3.12. The Morgan fingerprint density at radius 3 is 2.35 bits per heavy atom. The van der Waals surface area contributed by atoms with Crippen LogP contribution < -0.4 is 11.3 Å². The van der Waals surface area contributed by atoms with Crippen LogP contribution in [0.5, 0.6) is 0 Å². The predicted octanol–water partition coefficient (Wildman–Crippen LogP) is 3.57. The molecule has 0 amide bonds. The standard InChI is InChI=1S/C15H15F3N2/c1-10-5-4-6-11(9-10)14(20-19)12-7-2-3-8-13(12)15(16,17)18/h2-9,14,20H,19H2,1H3. The van der Waals surface area contributed by atoms with Gasteiger partial charge in [-0.25, -0.2) is 5.43 Å². The molecule has 0 aromatic heterocycles. The van der Waals surface area contributed by atoms with Gasteiger partial charge in [0.15, 0.2) is 0 Å². The van der Waals surface area contributed by atoms with Gasteiger partial charge in [-0.3, -0.25) is 5.84 Å². The van der Waals surface area contributed by atoms with Crippen molar-refractivity contribution in [3.8, 4) is 0 Å². The Morgan fingerprint density at radius 2 is 1.75 bits per heavy atom. The number of hydrogen-bond acceptors (Lipinski definition) is 2. The molecule has 2 nitrogen and oxygen atoms in total. The second-order valence-electron chi connectivity index (χ2n) is 4.60. The summed E-state index contributed by atoms with van der Waals surface area (Å²) >= 11 is 0. The van der Waals surface area contributed by atoms with E-state index >= 15 is 0 Å². The molecule has 0 saturated heterocycles. The van der Waals surface area contributed by atoms with E-state index in [1.807, 2.05) is 19.1 Å². The van der Waals surface area contributed by atoms with Gasteiger partial charge in [0.25, 0.3) is 0 Å². The van der Waals surface area contributed by atoms with Gasteiger partial charge in [0, 0.05) is 0 Å². The first-order valence-corrected chi connectivity index (χ1v) is 6.12. The van der Waals surface area contributed by atoms with Crippen molar-refractivity contribution in [3.63, 3.8) is 0 Å². The maximum absolute atomic E-state index is 13.1. The van der Waals surface area contributed by atoms with Gasteiger partial charge in [-0.15, -0.1) is 0 Å². The molecule has 0 bridgehead atoms. The van der Waals surface area contributed by atoms with Gasteiger partial charge in [0.05, 0.1) is 11.6 Å². The van der Waals surface area contributed by atoms with Crippen LogP contribution in [-0.4, -0.2) is 0 Å². The molecule has 0 radical (unpaired) electrons. The van der Waals surface area contributed by atoms with E-state index in [1.54, 1.807) is 18.2 Å². The van der Waals surface area contributed by atoms with Crippen LogP contribution in [0.15, 0.2) is 48.5 Å². The van der Waals surface area contributed by atoms with Gasteiger partial charge in [-0.05, 0) is 24.1 Å². The normalized spacial score (nSPS) is 13.2. The van der Waals surface area contributed by atoms with Crippen molar-refractivity contribution < 1.29 is 13.2 Å². The van der Waals surface area contributed by atoms with Crippen molar-refractivity contribution in [2.75, 3.05) is 0 Å². The molecule has 0 aliphatic rings. The second kappa shape index (κ2) is 5.64. The van der Waals surface area contributed by atoms with Gasteiger partial charge in [-0.2, -0.15) is 13.2 Å².